The van der Waals surface area contributed by atoms with Crippen molar-refractivity contribution in [1.82, 2.24) is 0 Å². The Kier molecular flexibility index (Phi) is 4.46. The number of carbonyl (C=O) groups excluding carboxylic acids is 1. The van der Waals surface area contributed by atoms with Gasteiger partial charge < -0.3 is 9.64 Å². The third kappa shape index (κ3) is 3.01. The lowest BCUT2D eigenvalue weighted by molar-refractivity contribution is -0.123. The minimum Gasteiger partial charge on any atom is -0.367 e. The van der Waals surface area contributed by atoms with Crippen LogP contribution in [-0.2, 0) is 16.1 Å². The molecule has 1 heterocycles. The lowest BCUT2D eigenvalue weighted by Crippen LogP contribution is -2.33. The number of nitrogens with zero attached hydrogens (tertiary/aromatic N) is 1. The Morgan fingerprint density at radius 3 is 2.55 bits per heavy atom. The second-order valence-corrected chi connectivity index (χ2v) is 5.82. The zero-order chi connectivity index (χ0) is 15.5. The first-order chi connectivity index (χ1) is 10.7. The second-order valence-electron chi connectivity index (χ2n) is 5.39. The average Bonchev–Trinajstić information content (AvgIpc) is 2.68. The van der Waals surface area contributed by atoms with Crippen molar-refractivity contribution in [3.8, 4) is 11.1 Å². The van der Waals surface area contributed by atoms with Crippen LogP contribution in [0.2, 0.25) is 5.02 Å². The van der Waals surface area contributed by atoms with Gasteiger partial charge in [-0.15, -0.1) is 0 Å². The fourth-order valence-corrected chi connectivity index (χ4v) is 2.84. The Balaban J connectivity index is 2.00. The first kappa shape index (κ1) is 15.1. The van der Waals surface area contributed by atoms with Crippen LogP contribution in [0.5, 0.6) is 0 Å². The van der Waals surface area contributed by atoms with E-state index in [1.165, 1.54) is 0 Å². The summed E-state index contributed by atoms with van der Waals surface area (Å²) in [5.74, 6) is 0.0276. The number of ether oxygens (including phenoxy) is 1. The molecule has 1 amide bonds. The first-order valence-electron chi connectivity index (χ1n) is 7.46. The van der Waals surface area contributed by atoms with Gasteiger partial charge in [-0.25, -0.2) is 0 Å². The topological polar surface area (TPSA) is 29.5 Å². The Bertz CT molecular complexity index is 682. The van der Waals surface area contributed by atoms with Crippen LogP contribution in [0.1, 0.15) is 18.9 Å². The predicted octanol–water partition coefficient (Wildman–Crippen LogP) is 4.28. The molecule has 0 aromatic heterocycles. The number of amides is 1. The summed E-state index contributed by atoms with van der Waals surface area (Å²) in [5, 5.41) is 0.724. The molecule has 2 aromatic carbocycles. The SMILES string of the molecule is CCCN1C(=O)COCc2cc(-c3ccc(Cl)cc3)ccc21. The summed E-state index contributed by atoms with van der Waals surface area (Å²) in [5.41, 5.74) is 4.21. The van der Waals surface area contributed by atoms with Crippen LogP contribution in [0.4, 0.5) is 5.69 Å². The van der Waals surface area contributed by atoms with E-state index in [-0.39, 0.29) is 12.5 Å². The van der Waals surface area contributed by atoms with Crippen LogP contribution in [-0.4, -0.2) is 19.1 Å². The number of rotatable bonds is 3. The third-order valence-corrected chi connectivity index (χ3v) is 4.03. The van der Waals surface area contributed by atoms with Gasteiger partial charge in [-0.3, -0.25) is 4.79 Å². The standard InChI is InChI=1S/C18H18ClNO2/c1-2-9-20-17-8-5-14(13-3-6-16(19)7-4-13)10-15(17)11-22-12-18(20)21/h3-8,10H,2,9,11-12H2,1H3. The Morgan fingerprint density at radius 1 is 1.09 bits per heavy atom. The van der Waals surface area contributed by atoms with E-state index in [2.05, 4.69) is 13.0 Å². The van der Waals surface area contributed by atoms with Crippen molar-refractivity contribution in [1.29, 1.82) is 0 Å². The summed E-state index contributed by atoms with van der Waals surface area (Å²) in [7, 11) is 0. The fourth-order valence-electron chi connectivity index (χ4n) is 2.72. The third-order valence-electron chi connectivity index (χ3n) is 3.78. The van der Waals surface area contributed by atoms with E-state index in [9.17, 15) is 4.79 Å². The maximum Gasteiger partial charge on any atom is 0.252 e. The molecular formula is C18H18ClNO2. The molecule has 0 radical (unpaired) electrons. The van der Waals surface area contributed by atoms with E-state index < -0.39 is 0 Å². The number of anilines is 1. The molecule has 0 fully saturated rings. The lowest BCUT2D eigenvalue weighted by Gasteiger charge is -2.22. The van der Waals surface area contributed by atoms with E-state index in [1.807, 2.05) is 41.3 Å². The fraction of sp³-hybridized carbons (Fsp3) is 0.278. The zero-order valence-electron chi connectivity index (χ0n) is 12.5. The Hall–Kier alpha value is -1.84. The van der Waals surface area contributed by atoms with Crippen LogP contribution in [0, 0.1) is 0 Å². The maximum absolute atomic E-state index is 12.1. The Morgan fingerprint density at radius 2 is 1.82 bits per heavy atom. The van der Waals surface area contributed by atoms with Crippen molar-refractivity contribution in [3.05, 3.63) is 53.1 Å². The van der Waals surface area contributed by atoms with Gasteiger partial charge in [0.25, 0.3) is 5.91 Å². The summed E-state index contributed by atoms with van der Waals surface area (Å²) in [6, 6.07) is 13.9. The van der Waals surface area contributed by atoms with Gasteiger partial charge in [-0.05, 0) is 41.8 Å². The van der Waals surface area contributed by atoms with Crippen LogP contribution in [0.3, 0.4) is 0 Å². The van der Waals surface area contributed by atoms with Gasteiger partial charge in [0, 0.05) is 22.8 Å². The van der Waals surface area contributed by atoms with Crippen molar-refractivity contribution >= 4 is 23.2 Å². The summed E-state index contributed by atoms with van der Waals surface area (Å²) < 4.78 is 5.51. The number of halogens is 1. The number of benzene rings is 2. The number of hydrogen-bond donors (Lipinski definition) is 0. The van der Waals surface area contributed by atoms with Gasteiger partial charge in [0.05, 0.1) is 6.61 Å². The molecule has 1 aliphatic rings. The van der Waals surface area contributed by atoms with Crippen molar-refractivity contribution in [2.45, 2.75) is 20.0 Å². The average molecular weight is 316 g/mol. The molecule has 22 heavy (non-hydrogen) atoms. The van der Waals surface area contributed by atoms with Gasteiger partial charge in [0.2, 0.25) is 0 Å². The Labute approximate surface area is 135 Å². The van der Waals surface area contributed by atoms with Crippen LogP contribution in [0.25, 0.3) is 11.1 Å². The minimum absolute atomic E-state index is 0.0276. The minimum atomic E-state index is 0.0276. The summed E-state index contributed by atoms with van der Waals surface area (Å²) in [6.45, 7) is 3.39. The summed E-state index contributed by atoms with van der Waals surface area (Å²) >= 11 is 5.94. The molecule has 3 nitrogen and oxygen atoms in total. The van der Waals surface area contributed by atoms with E-state index in [1.54, 1.807) is 0 Å². The van der Waals surface area contributed by atoms with E-state index in [0.29, 0.717) is 6.61 Å². The van der Waals surface area contributed by atoms with Crippen molar-refractivity contribution in [3.63, 3.8) is 0 Å². The van der Waals surface area contributed by atoms with Crippen molar-refractivity contribution in [2.24, 2.45) is 0 Å². The molecule has 3 rings (SSSR count). The van der Waals surface area contributed by atoms with Gasteiger partial charge in [0.15, 0.2) is 0 Å². The lowest BCUT2D eigenvalue weighted by atomic mass is 10.0. The summed E-state index contributed by atoms with van der Waals surface area (Å²) in [4.78, 5) is 14.0. The van der Waals surface area contributed by atoms with Crippen molar-refractivity contribution in [2.75, 3.05) is 18.1 Å². The van der Waals surface area contributed by atoms with Gasteiger partial charge in [0.1, 0.15) is 6.61 Å². The van der Waals surface area contributed by atoms with E-state index >= 15 is 0 Å². The molecule has 0 spiro atoms. The van der Waals surface area contributed by atoms with Crippen molar-refractivity contribution < 1.29 is 9.53 Å². The smallest absolute Gasteiger partial charge is 0.252 e. The second kappa shape index (κ2) is 6.51. The molecule has 114 valence electrons. The van der Waals surface area contributed by atoms with Gasteiger partial charge in [-0.1, -0.05) is 36.7 Å². The van der Waals surface area contributed by atoms with E-state index in [4.69, 9.17) is 16.3 Å². The van der Waals surface area contributed by atoms with Crippen LogP contribution >= 0.6 is 11.6 Å². The molecule has 0 N–H and O–H groups in total. The highest BCUT2D eigenvalue weighted by Gasteiger charge is 2.22. The molecule has 0 aliphatic carbocycles. The number of hydrogen-bond acceptors (Lipinski definition) is 2. The van der Waals surface area contributed by atoms with E-state index in [0.717, 1.165) is 40.4 Å². The molecule has 0 bridgehead atoms. The molecule has 2 aromatic rings. The highest BCUT2D eigenvalue weighted by molar-refractivity contribution is 6.30. The molecular weight excluding hydrogens is 298 g/mol. The highest BCUT2D eigenvalue weighted by Crippen LogP contribution is 2.30. The normalized spacial score (nSPS) is 14.6. The molecule has 0 saturated carbocycles. The number of carbonyl (C=O) groups is 1. The maximum atomic E-state index is 12.1. The van der Waals surface area contributed by atoms with Crippen LogP contribution < -0.4 is 4.90 Å². The molecule has 1 aliphatic heterocycles. The molecule has 0 atom stereocenters. The molecule has 0 saturated heterocycles. The van der Waals surface area contributed by atoms with Gasteiger partial charge in [-0.2, -0.15) is 0 Å². The largest absolute Gasteiger partial charge is 0.367 e. The molecule has 4 heteroatoms. The van der Waals surface area contributed by atoms with Crippen LogP contribution in [0.15, 0.2) is 42.5 Å². The highest BCUT2D eigenvalue weighted by atomic mass is 35.5. The summed E-state index contributed by atoms with van der Waals surface area (Å²) in [6.07, 6.45) is 0.921. The monoisotopic (exact) mass is 315 g/mol. The molecule has 0 unspecified atom stereocenters. The van der Waals surface area contributed by atoms with Gasteiger partial charge >= 0.3 is 0 Å². The quantitative estimate of drug-likeness (QED) is 0.846. The number of fused-ring (bicyclic) bond motifs is 1. The predicted molar refractivity (Wildman–Crippen MR) is 89.2 cm³/mol. The zero-order valence-corrected chi connectivity index (χ0v) is 13.3. The first-order valence-corrected chi connectivity index (χ1v) is 7.84.